The number of carboxylic acids is 1. The van der Waals surface area contributed by atoms with Crippen molar-refractivity contribution in [2.24, 2.45) is 0 Å². The largest absolute Gasteiger partial charge is 0.480 e. The molecule has 2 aliphatic carbocycles. The Kier molecular flexibility index (Phi) is 5.77. The lowest BCUT2D eigenvalue weighted by molar-refractivity contribution is -0.167. The Morgan fingerprint density at radius 1 is 1.03 bits per heavy atom. The van der Waals surface area contributed by atoms with E-state index < -0.39 is 42.8 Å². The van der Waals surface area contributed by atoms with Gasteiger partial charge in [0.2, 0.25) is 5.91 Å². The molecule has 7 nitrogen and oxygen atoms in total. The maximum Gasteiger partial charge on any atom is 0.408 e. The third-order valence-electron chi connectivity index (χ3n) is 5.83. The number of rotatable bonds is 7. The molecule has 2 aromatic carbocycles. The molecule has 0 heterocycles. The van der Waals surface area contributed by atoms with Crippen molar-refractivity contribution in [3.63, 3.8) is 0 Å². The Morgan fingerprint density at radius 2 is 1.58 bits per heavy atom. The van der Waals surface area contributed by atoms with E-state index in [0.717, 1.165) is 22.3 Å². The fraction of sp³-hybridized carbons (Fsp3) is 0.348. The maximum absolute atomic E-state index is 12.8. The molecular formula is C23H21F3N2O5. The highest BCUT2D eigenvalue weighted by atomic mass is 19.4. The molecule has 4 rings (SSSR count). The minimum Gasteiger partial charge on any atom is -0.480 e. The molecular weight excluding hydrogens is 441 g/mol. The van der Waals surface area contributed by atoms with Gasteiger partial charge in [-0.1, -0.05) is 48.5 Å². The number of carboxylic acid groups (broad SMARTS) is 1. The molecule has 2 N–H and O–H groups in total. The van der Waals surface area contributed by atoms with Gasteiger partial charge in [0.1, 0.15) is 25.2 Å². The lowest BCUT2D eigenvalue weighted by Gasteiger charge is -2.27. The van der Waals surface area contributed by atoms with E-state index in [2.05, 4.69) is 5.32 Å². The molecule has 0 saturated heterocycles. The van der Waals surface area contributed by atoms with Crippen molar-refractivity contribution in [1.29, 1.82) is 0 Å². The lowest BCUT2D eigenvalue weighted by atomic mass is 9.98. The smallest absolute Gasteiger partial charge is 0.408 e. The number of hydrogen-bond donors (Lipinski definition) is 2. The van der Waals surface area contributed by atoms with Crippen molar-refractivity contribution < 1.29 is 37.4 Å². The van der Waals surface area contributed by atoms with E-state index in [9.17, 15) is 27.6 Å². The Hall–Kier alpha value is -3.56. The van der Waals surface area contributed by atoms with E-state index in [1.165, 1.54) is 0 Å². The first-order valence-electron chi connectivity index (χ1n) is 10.3. The van der Waals surface area contributed by atoms with Gasteiger partial charge in [0.25, 0.3) is 0 Å². The number of alkyl carbamates (subject to hydrolysis) is 1. The van der Waals surface area contributed by atoms with Crippen LogP contribution < -0.4 is 5.32 Å². The zero-order valence-electron chi connectivity index (χ0n) is 17.4. The standard InChI is InChI=1S/C23H21F3N2O5/c24-23(25,26)13-28(11-19(29)30)20(31)22(9-10-22)27-21(32)33-12-18-16-7-3-1-5-14(16)15-6-2-4-8-17(15)18/h1-8,18H,9-13H2,(H,27,32)(H,29,30). The number of nitrogens with one attached hydrogen (secondary N) is 1. The molecule has 10 heteroatoms. The molecule has 0 aliphatic heterocycles. The number of carbonyl (C=O) groups excluding carboxylic acids is 2. The number of fused-ring (bicyclic) bond motifs is 3. The number of amides is 2. The topological polar surface area (TPSA) is 95.9 Å². The summed E-state index contributed by atoms with van der Waals surface area (Å²) < 4.78 is 43.8. The lowest BCUT2D eigenvalue weighted by Crippen LogP contribution is -2.54. The van der Waals surface area contributed by atoms with Crippen LogP contribution in [0, 0.1) is 0 Å². The second-order valence-corrected chi connectivity index (χ2v) is 8.20. The van der Waals surface area contributed by atoms with Crippen molar-refractivity contribution in [3.8, 4) is 11.1 Å². The van der Waals surface area contributed by atoms with Gasteiger partial charge in [0.05, 0.1) is 0 Å². The molecule has 0 unspecified atom stereocenters. The molecule has 1 fully saturated rings. The van der Waals surface area contributed by atoms with Gasteiger partial charge in [-0.05, 0) is 35.1 Å². The van der Waals surface area contributed by atoms with Crippen LogP contribution in [0.15, 0.2) is 48.5 Å². The summed E-state index contributed by atoms with van der Waals surface area (Å²) in [4.78, 5) is 36.3. The van der Waals surface area contributed by atoms with Crippen molar-refractivity contribution in [2.45, 2.75) is 30.5 Å². The van der Waals surface area contributed by atoms with Gasteiger partial charge in [-0.2, -0.15) is 13.2 Å². The van der Waals surface area contributed by atoms with Crippen LogP contribution in [0.3, 0.4) is 0 Å². The van der Waals surface area contributed by atoms with Crippen LogP contribution in [0.25, 0.3) is 11.1 Å². The van der Waals surface area contributed by atoms with Crippen molar-refractivity contribution in [2.75, 3.05) is 19.7 Å². The third-order valence-corrected chi connectivity index (χ3v) is 5.83. The van der Waals surface area contributed by atoms with Crippen molar-refractivity contribution in [1.82, 2.24) is 10.2 Å². The summed E-state index contributed by atoms with van der Waals surface area (Å²) in [6, 6.07) is 15.4. The van der Waals surface area contributed by atoms with Crippen LogP contribution in [0.2, 0.25) is 0 Å². The van der Waals surface area contributed by atoms with Crippen LogP contribution in [-0.2, 0) is 14.3 Å². The highest BCUT2D eigenvalue weighted by Gasteiger charge is 2.55. The fourth-order valence-electron chi connectivity index (χ4n) is 4.23. The molecule has 0 bridgehead atoms. The molecule has 0 aromatic heterocycles. The first-order valence-corrected chi connectivity index (χ1v) is 10.3. The minimum atomic E-state index is -4.77. The SMILES string of the molecule is O=C(O)CN(CC(F)(F)F)C(=O)C1(NC(=O)OCC2c3ccccc3-c3ccccc32)CC1. The molecule has 2 aromatic rings. The fourth-order valence-corrected chi connectivity index (χ4v) is 4.23. The van der Waals surface area contributed by atoms with Gasteiger partial charge in [0, 0.05) is 5.92 Å². The van der Waals surface area contributed by atoms with Gasteiger partial charge in [0.15, 0.2) is 0 Å². The van der Waals surface area contributed by atoms with Gasteiger partial charge < -0.3 is 20.1 Å². The molecule has 0 spiro atoms. The normalized spacial score (nSPS) is 15.8. The van der Waals surface area contributed by atoms with E-state index in [-0.39, 0.29) is 30.3 Å². The number of alkyl halides is 3. The predicted molar refractivity (Wildman–Crippen MR) is 110 cm³/mol. The van der Waals surface area contributed by atoms with Gasteiger partial charge in [-0.25, -0.2) is 4.79 Å². The third kappa shape index (κ3) is 4.79. The number of aliphatic carboxylic acids is 1. The minimum absolute atomic E-state index is 0.0223. The molecule has 1 saturated carbocycles. The van der Waals surface area contributed by atoms with E-state index >= 15 is 0 Å². The van der Waals surface area contributed by atoms with Gasteiger partial charge in [-0.15, -0.1) is 0 Å². The number of carbonyl (C=O) groups is 3. The van der Waals surface area contributed by atoms with Crippen molar-refractivity contribution in [3.05, 3.63) is 59.7 Å². The zero-order valence-corrected chi connectivity index (χ0v) is 17.4. The summed E-state index contributed by atoms with van der Waals surface area (Å²) in [5.74, 6) is -2.89. The van der Waals surface area contributed by atoms with E-state index in [4.69, 9.17) is 9.84 Å². The molecule has 0 atom stereocenters. The summed E-state index contributed by atoms with van der Waals surface area (Å²) >= 11 is 0. The number of halogens is 3. The summed E-state index contributed by atoms with van der Waals surface area (Å²) in [6.45, 7) is -2.86. The Balaban J connectivity index is 1.43. The number of nitrogens with zero attached hydrogens (tertiary/aromatic N) is 1. The van der Waals surface area contributed by atoms with Crippen molar-refractivity contribution >= 4 is 18.0 Å². The van der Waals surface area contributed by atoms with Crippen LogP contribution in [0.5, 0.6) is 0 Å². The van der Waals surface area contributed by atoms with Gasteiger partial charge in [-0.3, -0.25) is 9.59 Å². The molecule has 174 valence electrons. The first kappa shape index (κ1) is 22.6. The predicted octanol–water partition coefficient (Wildman–Crippen LogP) is 3.53. The first-order chi connectivity index (χ1) is 15.6. The summed E-state index contributed by atoms with van der Waals surface area (Å²) in [6.07, 6.45) is -5.51. The summed E-state index contributed by atoms with van der Waals surface area (Å²) in [5, 5.41) is 11.3. The Bertz CT molecular complexity index is 1050. The van der Waals surface area contributed by atoms with Crippen LogP contribution in [0.4, 0.5) is 18.0 Å². The second-order valence-electron chi connectivity index (χ2n) is 8.20. The summed E-state index contributed by atoms with van der Waals surface area (Å²) in [7, 11) is 0. The zero-order chi connectivity index (χ0) is 23.8. The average Bonchev–Trinajstić information content (AvgIpc) is 3.45. The number of ether oxygens (including phenoxy) is 1. The molecule has 2 aliphatic rings. The Labute approximate surface area is 187 Å². The van der Waals surface area contributed by atoms with Crippen LogP contribution in [-0.4, -0.2) is 59.4 Å². The molecule has 33 heavy (non-hydrogen) atoms. The highest BCUT2D eigenvalue weighted by molar-refractivity contribution is 5.94. The molecule has 2 amide bonds. The quantitative estimate of drug-likeness (QED) is 0.657. The number of benzene rings is 2. The van der Waals surface area contributed by atoms with Crippen LogP contribution >= 0.6 is 0 Å². The maximum atomic E-state index is 12.8. The van der Waals surface area contributed by atoms with E-state index in [1.54, 1.807) is 0 Å². The van der Waals surface area contributed by atoms with E-state index in [0.29, 0.717) is 0 Å². The highest BCUT2D eigenvalue weighted by Crippen LogP contribution is 2.44. The Morgan fingerprint density at radius 3 is 2.06 bits per heavy atom. The second kappa shape index (κ2) is 8.42. The number of hydrogen-bond acceptors (Lipinski definition) is 4. The van der Waals surface area contributed by atoms with Crippen LogP contribution in [0.1, 0.15) is 29.9 Å². The average molecular weight is 462 g/mol. The van der Waals surface area contributed by atoms with E-state index in [1.807, 2.05) is 48.5 Å². The summed E-state index contributed by atoms with van der Waals surface area (Å²) in [5.41, 5.74) is 2.46. The van der Waals surface area contributed by atoms with Gasteiger partial charge >= 0.3 is 18.2 Å². The monoisotopic (exact) mass is 462 g/mol. The molecule has 0 radical (unpaired) electrons.